The van der Waals surface area contributed by atoms with Crippen molar-refractivity contribution in [1.29, 1.82) is 0 Å². The van der Waals surface area contributed by atoms with Gasteiger partial charge < -0.3 is 4.74 Å². The van der Waals surface area contributed by atoms with E-state index >= 15 is 0 Å². The predicted octanol–water partition coefficient (Wildman–Crippen LogP) is 3.21. The summed E-state index contributed by atoms with van der Waals surface area (Å²) in [6.07, 6.45) is 1.92. The lowest BCUT2D eigenvalue weighted by Gasteiger charge is -2.34. The van der Waals surface area contributed by atoms with E-state index in [1.807, 2.05) is 24.3 Å². The van der Waals surface area contributed by atoms with Crippen molar-refractivity contribution in [2.45, 2.75) is 13.0 Å². The number of hydrogen-bond donors (Lipinski definition) is 0. The fourth-order valence-corrected chi connectivity index (χ4v) is 2.91. The van der Waals surface area contributed by atoms with Gasteiger partial charge in [-0.25, -0.2) is 9.78 Å². The van der Waals surface area contributed by atoms with E-state index in [1.54, 1.807) is 30.3 Å². The molecule has 2 heterocycles. The molecule has 1 fully saturated rings. The van der Waals surface area contributed by atoms with Crippen LogP contribution in [0.1, 0.15) is 12.0 Å². The van der Waals surface area contributed by atoms with Crippen LogP contribution in [0.2, 0.25) is 0 Å². The number of carbonyl (C=O) groups is 2. The minimum absolute atomic E-state index is 0.166. The fraction of sp³-hybridized carbons (Fsp3) is 0.235. The van der Waals surface area contributed by atoms with Crippen molar-refractivity contribution in [3.05, 3.63) is 52.8 Å². The van der Waals surface area contributed by atoms with Crippen molar-refractivity contribution in [3.63, 3.8) is 0 Å². The highest BCUT2D eigenvalue weighted by Gasteiger charge is 2.32. The molecule has 7 heteroatoms. The molecule has 0 spiro atoms. The predicted molar refractivity (Wildman–Crippen MR) is 92.8 cm³/mol. The first kappa shape index (κ1) is 16.4. The maximum Gasteiger partial charge on any atom is 0.331 e. The summed E-state index contributed by atoms with van der Waals surface area (Å²) in [6.45, 7) is 0.609. The summed E-state index contributed by atoms with van der Waals surface area (Å²) < 4.78 is 5.77. The van der Waals surface area contributed by atoms with Gasteiger partial charge in [-0.05, 0) is 45.8 Å². The molecule has 0 saturated carbocycles. The second-order valence-corrected chi connectivity index (χ2v) is 6.16. The Morgan fingerprint density at radius 1 is 1.21 bits per heavy atom. The molecular weight excluding hydrogens is 374 g/mol. The minimum atomic E-state index is -0.319. The first-order valence-electron chi connectivity index (χ1n) is 7.45. The number of carbonyl (C=O) groups excluding carboxylic acids is 2. The van der Waals surface area contributed by atoms with Crippen LogP contribution >= 0.6 is 15.9 Å². The Labute approximate surface area is 148 Å². The normalized spacial score (nSPS) is 14.9. The molecule has 3 amide bonds. The van der Waals surface area contributed by atoms with Gasteiger partial charge in [0.2, 0.25) is 5.91 Å². The van der Waals surface area contributed by atoms with E-state index in [0.717, 1.165) is 11.3 Å². The smallest absolute Gasteiger partial charge is 0.331 e. The lowest BCUT2D eigenvalue weighted by molar-refractivity contribution is -0.129. The van der Waals surface area contributed by atoms with E-state index < -0.39 is 0 Å². The van der Waals surface area contributed by atoms with E-state index in [0.29, 0.717) is 23.3 Å². The van der Waals surface area contributed by atoms with Crippen molar-refractivity contribution in [3.8, 4) is 5.75 Å². The van der Waals surface area contributed by atoms with Gasteiger partial charge in [0.05, 0.1) is 13.7 Å². The van der Waals surface area contributed by atoms with Crippen LogP contribution in [0, 0.1) is 0 Å². The number of imide groups is 1. The Balaban J connectivity index is 1.80. The third-order valence-electron chi connectivity index (χ3n) is 3.83. The van der Waals surface area contributed by atoms with Crippen LogP contribution in [0.15, 0.2) is 47.2 Å². The molecule has 124 valence electrons. The first-order valence-corrected chi connectivity index (χ1v) is 8.24. The molecule has 1 aromatic carbocycles. The number of rotatable bonds is 4. The molecule has 1 aliphatic rings. The molecule has 0 unspecified atom stereocenters. The quantitative estimate of drug-likeness (QED) is 0.753. The Bertz CT molecular complexity index is 764. The number of anilines is 1. The zero-order chi connectivity index (χ0) is 17.1. The number of pyridine rings is 1. The maximum absolute atomic E-state index is 12.7. The highest BCUT2D eigenvalue weighted by Crippen LogP contribution is 2.24. The number of urea groups is 1. The van der Waals surface area contributed by atoms with Gasteiger partial charge in [0.25, 0.3) is 0 Å². The molecule has 1 aliphatic heterocycles. The number of ether oxygens (including phenoxy) is 1. The number of hydrogen-bond acceptors (Lipinski definition) is 4. The zero-order valence-electron chi connectivity index (χ0n) is 13.1. The number of amides is 3. The van der Waals surface area contributed by atoms with Gasteiger partial charge in [0, 0.05) is 24.8 Å². The Morgan fingerprint density at radius 2 is 1.96 bits per heavy atom. The van der Waals surface area contributed by atoms with Crippen molar-refractivity contribution < 1.29 is 14.3 Å². The molecule has 0 atom stereocenters. The van der Waals surface area contributed by atoms with Gasteiger partial charge in [-0.2, -0.15) is 0 Å². The average Bonchev–Trinajstić information content (AvgIpc) is 2.59. The summed E-state index contributed by atoms with van der Waals surface area (Å²) in [6, 6.07) is 10.5. The molecule has 0 N–H and O–H groups in total. The molecule has 24 heavy (non-hydrogen) atoms. The van der Waals surface area contributed by atoms with Crippen LogP contribution in [0.25, 0.3) is 0 Å². The molecule has 1 saturated heterocycles. The van der Waals surface area contributed by atoms with Crippen LogP contribution in [0.3, 0.4) is 0 Å². The first-order chi connectivity index (χ1) is 11.6. The molecule has 3 rings (SSSR count). The van der Waals surface area contributed by atoms with Crippen molar-refractivity contribution in [2.75, 3.05) is 18.6 Å². The second-order valence-electron chi connectivity index (χ2n) is 5.35. The summed E-state index contributed by atoms with van der Waals surface area (Å²) >= 11 is 3.30. The molecule has 0 radical (unpaired) electrons. The Hall–Kier alpha value is -2.41. The van der Waals surface area contributed by atoms with Crippen molar-refractivity contribution in [2.24, 2.45) is 0 Å². The van der Waals surface area contributed by atoms with E-state index in [4.69, 9.17) is 4.74 Å². The van der Waals surface area contributed by atoms with Crippen LogP contribution in [0.4, 0.5) is 10.5 Å². The van der Waals surface area contributed by atoms with Crippen LogP contribution in [0.5, 0.6) is 5.75 Å². The third kappa shape index (κ3) is 3.41. The van der Waals surface area contributed by atoms with Gasteiger partial charge in [0.15, 0.2) is 0 Å². The van der Waals surface area contributed by atoms with E-state index in [1.165, 1.54) is 4.90 Å². The van der Waals surface area contributed by atoms with Gasteiger partial charge in [-0.3, -0.25) is 14.6 Å². The van der Waals surface area contributed by atoms with Crippen LogP contribution in [-0.4, -0.2) is 35.5 Å². The maximum atomic E-state index is 12.7. The third-order valence-corrected chi connectivity index (χ3v) is 4.27. The molecule has 2 aromatic rings. The minimum Gasteiger partial charge on any atom is -0.497 e. The summed E-state index contributed by atoms with van der Waals surface area (Å²) in [4.78, 5) is 31.9. The molecule has 1 aromatic heterocycles. The number of benzene rings is 1. The zero-order valence-corrected chi connectivity index (χ0v) is 14.7. The molecule has 0 aliphatic carbocycles. The lowest BCUT2D eigenvalue weighted by Crippen LogP contribution is -2.52. The summed E-state index contributed by atoms with van der Waals surface area (Å²) in [5.41, 5.74) is 1.59. The molecular formula is C17H16BrN3O3. The topological polar surface area (TPSA) is 62.7 Å². The number of aromatic nitrogens is 1. The summed E-state index contributed by atoms with van der Waals surface area (Å²) in [7, 11) is 1.59. The number of nitrogens with zero attached hydrogens (tertiary/aromatic N) is 3. The fourth-order valence-electron chi connectivity index (χ4n) is 2.56. The van der Waals surface area contributed by atoms with Gasteiger partial charge in [-0.1, -0.05) is 12.1 Å². The van der Waals surface area contributed by atoms with E-state index in [9.17, 15) is 9.59 Å². The molecule has 6 nitrogen and oxygen atoms in total. The van der Waals surface area contributed by atoms with Crippen molar-refractivity contribution >= 4 is 33.6 Å². The number of methoxy groups -OCH3 is 1. The van der Waals surface area contributed by atoms with E-state index in [2.05, 4.69) is 20.9 Å². The largest absolute Gasteiger partial charge is 0.497 e. The lowest BCUT2D eigenvalue weighted by atomic mass is 10.1. The average molecular weight is 390 g/mol. The Morgan fingerprint density at radius 3 is 2.62 bits per heavy atom. The highest BCUT2D eigenvalue weighted by atomic mass is 79.9. The Kier molecular flexibility index (Phi) is 4.80. The SMILES string of the molecule is COc1ccc(CN2C(=O)CCN(c3ccnc(Br)c3)C2=O)cc1. The highest BCUT2D eigenvalue weighted by molar-refractivity contribution is 9.10. The van der Waals surface area contributed by atoms with Gasteiger partial charge >= 0.3 is 6.03 Å². The monoisotopic (exact) mass is 389 g/mol. The summed E-state index contributed by atoms with van der Waals surface area (Å²) in [5, 5.41) is 0. The summed E-state index contributed by atoms with van der Waals surface area (Å²) in [5.74, 6) is 0.568. The second kappa shape index (κ2) is 7.00. The van der Waals surface area contributed by atoms with E-state index in [-0.39, 0.29) is 18.5 Å². The standard InChI is InChI=1S/C17H16BrN3O3/c1-24-14-4-2-12(3-5-14)11-21-16(22)7-9-20(17(21)23)13-6-8-19-15(18)10-13/h2-6,8,10H,7,9,11H2,1H3. The molecule has 0 bridgehead atoms. The number of halogens is 1. The van der Waals surface area contributed by atoms with Gasteiger partial charge in [0.1, 0.15) is 10.4 Å². The van der Waals surface area contributed by atoms with Crippen LogP contribution in [-0.2, 0) is 11.3 Å². The van der Waals surface area contributed by atoms with Crippen LogP contribution < -0.4 is 9.64 Å². The van der Waals surface area contributed by atoms with Crippen molar-refractivity contribution in [1.82, 2.24) is 9.88 Å². The van der Waals surface area contributed by atoms with Gasteiger partial charge in [-0.15, -0.1) is 0 Å².